The molecule has 7 nitrogen and oxygen atoms in total. The minimum Gasteiger partial charge on any atom is -0.363 e. The number of aromatic nitrogens is 4. The fourth-order valence-corrected chi connectivity index (χ4v) is 2.52. The zero-order chi connectivity index (χ0) is 14.1. The van der Waals surface area contributed by atoms with E-state index in [9.17, 15) is 0 Å². The van der Waals surface area contributed by atoms with Gasteiger partial charge in [-0.1, -0.05) is 5.16 Å². The van der Waals surface area contributed by atoms with Gasteiger partial charge in [-0.2, -0.15) is 10.1 Å². The number of ether oxygens (including phenoxy) is 1. The zero-order valence-corrected chi connectivity index (χ0v) is 12.0. The lowest BCUT2D eigenvalue weighted by atomic mass is 10.2. The van der Waals surface area contributed by atoms with Gasteiger partial charge in [0.1, 0.15) is 6.10 Å². The van der Waals surface area contributed by atoms with Crippen molar-refractivity contribution in [3.63, 3.8) is 0 Å². The second kappa shape index (κ2) is 5.34. The molecule has 0 saturated carbocycles. The number of aryl methyl sites for hydroxylation is 1. The molecule has 20 heavy (non-hydrogen) atoms. The number of hydrogen-bond donors (Lipinski definition) is 0. The van der Waals surface area contributed by atoms with Crippen molar-refractivity contribution in [2.75, 3.05) is 20.1 Å². The lowest BCUT2D eigenvalue weighted by Crippen LogP contribution is -2.40. The van der Waals surface area contributed by atoms with E-state index in [2.05, 4.69) is 34.1 Å². The molecule has 0 aliphatic carbocycles. The highest BCUT2D eigenvalue weighted by molar-refractivity contribution is 5.10. The molecular formula is C13H19N5O2. The molecule has 0 spiro atoms. The van der Waals surface area contributed by atoms with E-state index < -0.39 is 0 Å². The lowest BCUT2D eigenvalue weighted by Gasteiger charge is -2.32. The van der Waals surface area contributed by atoms with Crippen LogP contribution in [0.25, 0.3) is 0 Å². The molecule has 0 N–H and O–H groups in total. The summed E-state index contributed by atoms with van der Waals surface area (Å²) in [6, 6.07) is 0. The van der Waals surface area contributed by atoms with Gasteiger partial charge in [-0.3, -0.25) is 4.68 Å². The molecule has 0 amide bonds. The van der Waals surface area contributed by atoms with Crippen molar-refractivity contribution >= 4 is 0 Å². The zero-order valence-electron chi connectivity index (χ0n) is 12.0. The molecule has 0 aromatic carbocycles. The summed E-state index contributed by atoms with van der Waals surface area (Å²) >= 11 is 0. The molecule has 0 radical (unpaired) electrons. The fourth-order valence-electron chi connectivity index (χ4n) is 2.52. The molecule has 2 atom stereocenters. The van der Waals surface area contributed by atoms with Crippen molar-refractivity contribution in [3.8, 4) is 0 Å². The van der Waals surface area contributed by atoms with E-state index in [1.807, 2.05) is 19.4 Å². The van der Waals surface area contributed by atoms with Crippen LogP contribution in [0.2, 0.25) is 0 Å². The highest BCUT2D eigenvalue weighted by Crippen LogP contribution is 2.23. The Morgan fingerprint density at radius 2 is 2.20 bits per heavy atom. The van der Waals surface area contributed by atoms with Gasteiger partial charge >= 0.3 is 0 Å². The van der Waals surface area contributed by atoms with Crippen LogP contribution in [0.5, 0.6) is 0 Å². The van der Waals surface area contributed by atoms with Crippen molar-refractivity contribution < 1.29 is 9.26 Å². The molecule has 3 heterocycles. The van der Waals surface area contributed by atoms with Crippen molar-refractivity contribution in [2.24, 2.45) is 7.05 Å². The third kappa shape index (κ3) is 2.88. The summed E-state index contributed by atoms with van der Waals surface area (Å²) in [4.78, 5) is 6.65. The number of rotatable bonds is 3. The summed E-state index contributed by atoms with van der Waals surface area (Å²) in [5.41, 5.74) is 1.06. The quantitative estimate of drug-likeness (QED) is 0.826. The Kier molecular flexibility index (Phi) is 3.54. The van der Waals surface area contributed by atoms with Crippen LogP contribution in [-0.2, 0) is 18.2 Å². The van der Waals surface area contributed by atoms with Crippen molar-refractivity contribution in [1.82, 2.24) is 24.8 Å². The standard InChI is InChI=1S/C13H19N5O2/c1-9-6-17(2)8-11(19-9)13-15-12(16-20-13)4-10-5-14-18(3)7-10/h5,7,9,11H,4,6,8H2,1-3H3/t9-,11-/m1/s1. The first-order chi connectivity index (χ1) is 9.60. The van der Waals surface area contributed by atoms with E-state index in [1.165, 1.54) is 0 Å². The molecule has 1 aliphatic rings. The predicted octanol–water partition coefficient (Wildman–Crippen LogP) is 0.785. The SMILES string of the molecule is C[C@@H]1CN(C)C[C@H](c2nc(Cc3cnn(C)c3)no2)O1. The first kappa shape index (κ1) is 13.3. The Balaban J connectivity index is 1.70. The minimum absolute atomic E-state index is 0.140. The van der Waals surface area contributed by atoms with Crippen LogP contribution < -0.4 is 0 Å². The Labute approximate surface area is 117 Å². The van der Waals surface area contributed by atoms with Crippen LogP contribution in [0.3, 0.4) is 0 Å². The van der Waals surface area contributed by atoms with E-state index in [1.54, 1.807) is 4.68 Å². The molecular weight excluding hydrogens is 258 g/mol. The monoisotopic (exact) mass is 277 g/mol. The van der Waals surface area contributed by atoms with Gasteiger partial charge in [-0.15, -0.1) is 0 Å². The fraction of sp³-hybridized carbons (Fsp3) is 0.615. The maximum Gasteiger partial charge on any atom is 0.257 e. The van der Waals surface area contributed by atoms with Gasteiger partial charge in [-0.05, 0) is 19.5 Å². The van der Waals surface area contributed by atoms with Crippen LogP contribution in [0.15, 0.2) is 16.9 Å². The summed E-state index contributed by atoms with van der Waals surface area (Å²) in [7, 11) is 3.96. The van der Waals surface area contributed by atoms with Crippen molar-refractivity contribution in [3.05, 3.63) is 29.7 Å². The van der Waals surface area contributed by atoms with Crippen LogP contribution in [0, 0.1) is 0 Å². The first-order valence-corrected chi connectivity index (χ1v) is 6.74. The Bertz CT molecular complexity index is 569. The van der Waals surface area contributed by atoms with Crippen molar-refractivity contribution in [2.45, 2.75) is 25.6 Å². The lowest BCUT2D eigenvalue weighted by molar-refractivity contribution is -0.0838. The van der Waals surface area contributed by atoms with E-state index >= 15 is 0 Å². The van der Waals surface area contributed by atoms with Gasteiger partial charge in [0.05, 0.1) is 12.3 Å². The largest absolute Gasteiger partial charge is 0.363 e. The van der Waals surface area contributed by atoms with Gasteiger partial charge in [-0.25, -0.2) is 0 Å². The van der Waals surface area contributed by atoms with Gasteiger partial charge in [0.25, 0.3) is 5.89 Å². The van der Waals surface area contributed by atoms with Crippen LogP contribution in [-0.4, -0.2) is 51.1 Å². The number of likely N-dealkylation sites (N-methyl/N-ethyl adjacent to an activating group) is 1. The summed E-state index contributed by atoms with van der Waals surface area (Å²) in [5, 5.41) is 8.15. The van der Waals surface area contributed by atoms with E-state index in [-0.39, 0.29) is 12.2 Å². The topological polar surface area (TPSA) is 69.2 Å². The van der Waals surface area contributed by atoms with Gasteiger partial charge in [0.2, 0.25) is 0 Å². The summed E-state index contributed by atoms with van der Waals surface area (Å²) in [6.45, 7) is 3.75. The molecule has 3 rings (SSSR count). The highest BCUT2D eigenvalue weighted by atomic mass is 16.5. The smallest absolute Gasteiger partial charge is 0.257 e. The normalized spacial score (nSPS) is 24.1. The third-order valence-corrected chi connectivity index (χ3v) is 3.32. The van der Waals surface area contributed by atoms with Gasteiger partial charge in [0.15, 0.2) is 5.82 Å². The molecule has 0 bridgehead atoms. The Morgan fingerprint density at radius 1 is 1.35 bits per heavy atom. The summed E-state index contributed by atoms with van der Waals surface area (Å²) < 4.78 is 13.0. The average Bonchev–Trinajstić information content (AvgIpc) is 2.98. The molecule has 108 valence electrons. The molecule has 2 aromatic rings. The van der Waals surface area contributed by atoms with Crippen LogP contribution in [0.4, 0.5) is 0 Å². The first-order valence-electron chi connectivity index (χ1n) is 6.74. The van der Waals surface area contributed by atoms with Crippen LogP contribution in [0.1, 0.15) is 30.3 Å². The number of hydrogen-bond acceptors (Lipinski definition) is 6. The second-order valence-electron chi connectivity index (χ2n) is 5.40. The van der Waals surface area contributed by atoms with Crippen LogP contribution >= 0.6 is 0 Å². The molecule has 0 unspecified atom stereocenters. The maximum absolute atomic E-state index is 5.86. The Hall–Kier alpha value is -1.73. The minimum atomic E-state index is -0.140. The molecule has 2 aromatic heterocycles. The molecule has 1 fully saturated rings. The average molecular weight is 277 g/mol. The Morgan fingerprint density at radius 3 is 2.90 bits per heavy atom. The summed E-state index contributed by atoms with van der Waals surface area (Å²) in [5.74, 6) is 1.22. The van der Waals surface area contributed by atoms with E-state index in [4.69, 9.17) is 9.26 Å². The van der Waals surface area contributed by atoms with Gasteiger partial charge < -0.3 is 14.2 Å². The number of morpholine rings is 1. The molecule has 1 aliphatic heterocycles. The third-order valence-electron chi connectivity index (χ3n) is 3.32. The molecule has 1 saturated heterocycles. The number of nitrogens with zero attached hydrogens (tertiary/aromatic N) is 5. The maximum atomic E-state index is 5.86. The summed E-state index contributed by atoms with van der Waals surface area (Å²) in [6.07, 6.45) is 4.41. The van der Waals surface area contributed by atoms with E-state index in [0.717, 1.165) is 18.7 Å². The van der Waals surface area contributed by atoms with Crippen molar-refractivity contribution in [1.29, 1.82) is 0 Å². The van der Waals surface area contributed by atoms with Gasteiger partial charge in [0, 0.05) is 32.8 Å². The molecule has 7 heteroatoms. The van der Waals surface area contributed by atoms with E-state index in [0.29, 0.717) is 18.1 Å². The predicted molar refractivity (Wildman–Crippen MR) is 71.1 cm³/mol. The second-order valence-corrected chi connectivity index (χ2v) is 5.40. The highest BCUT2D eigenvalue weighted by Gasteiger charge is 2.28.